The summed E-state index contributed by atoms with van der Waals surface area (Å²) in [5.41, 5.74) is 1.06. The van der Waals surface area contributed by atoms with Crippen molar-refractivity contribution in [3.8, 4) is 0 Å². The van der Waals surface area contributed by atoms with E-state index in [1.807, 2.05) is 24.8 Å². The lowest BCUT2D eigenvalue weighted by Gasteiger charge is -2.09. The number of aromatic nitrogens is 2. The highest BCUT2D eigenvalue weighted by Crippen LogP contribution is 2.03. The van der Waals surface area contributed by atoms with Crippen LogP contribution in [-0.2, 0) is 6.54 Å². The summed E-state index contributed by atoms with van der Waals surface area (Å²) in [4.78, 5) is 8.37. The number of nitrogens with zero attached hydrogens (tertiary/aromatic N) is 2. The minimum atomic E-state index is 0.651. The van der Waals surface area contributed by atoms with Gasteiger partial charge in [0.25, 0.3) is 0 Å². The number of rotatable bonds is 5. The lowest BCUT2D eigenvalue weighted by molar-refractivity contribution is 0.669. The van der Waals surface area contributed by atoms with Gasteiger partial charge in [-0.1, -0.05) is 6.92 Å². The zero-order valence-corrected chi connectivity index (χ0v) is 9.77. The van der Waals surface area contributed by atoms with Crippen molar-refractivity contribution in [2.45, 2.75) is 25.6 Å². The summed E-state index contributed by atoms with van der Waals surface area (Å²) in [6, 6.07) is 1.95. The summed E-state index contributed by atoms with van der Waals surface area (Å²) >= 11 is 1.87. The molecule has 0 amide bonds. The van der Waals surface area contributed by atoms with Gasteiger partial charge in [-0.25, -0.2) is 9.97 Å². The molecule has 0 aliphatic rings. The minimum Gasteiger partial charge on any atom is -0.310 e. The molecule has 0 saturated carbocycles. The fourth-order valence-electron chi connectivity index (χ4n) is 1.09. The quantitative estimate of drug-likeness (QED) is 0.803. The van der Waals surface area contributed by atoms with Crippen LogP contribution in [0.2, 0.25) is 0 Å². The highest BCUT2D eigenvalue weighted by Gasteiger charge is 1.99. The Morgan fingerprint density at radius 3 is 3.00 bits per heavy atom. The van der Waals surface area contributed by atoms with E-state index in [9.17, 15) is 0 Å². The maximum atomic E-state index is 4.32. The molecule has 4 heteroatoms. The zero-order chi connectivity index (χ0) is 10.4. The topological polar surface area (TPSA) is 37.8 Å². The van der Waals surface area contributed by atoms with E-state index in [-0.39, 0.29) is 0 Å². The van der Waals surface area contributed by atoms with Crippen LogP contribution in [0.3, 0.4) is 0 Å². The van der Waals surface area contributed by atoms with Crippen LogP contribution in [0.4, 0.5) is 0 Å². The third-order valence-electron chi connectivity index (χ3n) is 1.97. The molecule has 1 unspecified atom stereocenters. The first-order chi connectivity index (χ1) is 6.72. The van der Waals surface area contributed by atoms with Crippen molar-refractivity contribution >= 4 is 11.8 Å². The van der Waals surface area contributed by atoms with Gasteiger partial charge in [0.2, 0.25) is 0 Å². The van der Waals surface area contributed by atoms with Crippen molar-refractivity contribution in [2.75, 3.05) is 12.8 Å². The molecule has 1 N–H and O–H groups in total. The molecule has 1 rings (SSSR count). The summed E-state index contributed by atoms with van der Waals surface area (Å²) in [6.45, 7) is 5.97. The number of nitrogens with one attached hydrogen (secondary N) is 1. The first-order valence-corrected chi connectivity index (χ1v) is 6.03. The van der Waals surface area contributed by atoms with Crippen LogP contribution >= 0.6 is 11.8 Å². The van der Waals surface area contributed by atoms with Crippen LogP contribution in [0.1, 0.15) is 18.4 Å². The second-order valence-electron chi connectivity index (χ2n) is 3.27. The number of hydrogen-bond donors (Lipinski definition) is 1. The van der Waals surface area contributed by atoms with Crippen molar-refractivity contribution in [3.05, 3.63) is 23.8 Å². The van der Waals surface area contributed by atoms with Gasteiger partial charge in [0.05, 0.1) is 5.69 Å². The molecule has 1 atom stereocenters. The average molecular weight is 211 g/mol. The van der Waals surface area contributed by atoms with Crippen LogP contribution in [0, 0.1) is 6.92 Å². The average Bonchev–Trinajstić information content (AvgIpc) is 2.17. The van der Waals surface area contributed by atoms with Crippen LogP contribution in [0.25, 0.3) is 0 Å². The van der Waals surface area contributed by atoms with Crippen molar-refractivity contribution < 1.29 is 0 Å². The molecule has 0 aromatic carbocycles. The molecule has 0 aliphatic heterocycles. The lowest BCUT2D eigenvalue weighted by Crippen LogP contribution is -2.22. The highest BCUT2D eigenvalue weighted by molar-refractivity contribution is 7.99. The van der Waals surface area contributed by atoms with E-state index in [0.717, 1.165) is 24.6 Å². The van der Waals surface area contributed by atoms with Crippen LogP contribution in [0.5, 0.6) is 0 Å². The van der Waals surface area contributed by atoms with Gasteiger partial charge in [0, 0.05) is 24.5 Å². The normalized spacial score (nSPS) is 12.8. The predicted octanol–water partition coefficient (Wildman–Crippen LogP) is 1.63. The monoisotopic (exact) mass is 211 g/mol. The molecule has 3 nitrogen and oxygen atoms in total. The maximum absolute atomic E-state index is 4.32. The van der Waals surface area contributed by atoms with Gasteiger partial charge in [-0.3, -0.25) is 0 Å². The standard InChI is InChI=1S/C10H17N3S/c1-8(14-3)6-11-7-10-4-5-12-9(2)13-10/h4-5,8,11H,6-7H2,1-3H3. The molecular weight excluding hydrogens is 194 g/mol. The third kappa shape index (κ3) is 4.07. The first kappa shape index (κ1) is 11.5. The molecule has 14 heavy (non-hydrogen) atoms. The predicted molar refractivity (Wildman–Crippen MR) is 61.5 cm³/mol. The van der Waals surface area contributed by atoms with Gasteiger partial charge in [0.1, 0.15) is 5.82 Å². The second kappa shape index (κ2) is 5.98. The van der Waals surface area contributed by atoms with E-state index < -0.39 is 0 Å². The minimum absolute atomic E-state index is 0.651. The van der Waals surface area contributed by atoms with Gasteiger partial charge in [-0.2, -0.15) is 11.8 Å². The molecule has 1 heterocycles. The van der Waals surface area contributed by atoms with E-state index in [4.69, 9.17) is 0 Å². The Hall–Kier alpha value is -0.610. The summed E-state index contributed by atoms with van der Waals surface area (Å²) < 4.78 is 0. The Bertz CT molecular complexity index is 278. The number of aryl methyl sites for hydroxylation is 1. The fraction of sp³-hybridized carbons (Fsp3) is 0.600. The van der Waals surface area contributed by atoms with Crippen LogP contribution < -0.4 is 5.32 Å². The Kier molecular flexibility index (Phi) is 4.90. The summed E-state index contributed by atoms with van der Waals surface area (Å²) in [7, 11) is 0. The Morgan fingerprint density at radius 1 is 1.57 bits per heavy atom. The lowest BCUT2D eigenvalue weighted by atomic mass is 10.4. The van der Waals surface area contributed by atoms with E-state index in [1.165, 1.54) is 0 Å². The summed E-state index contributed by atoms with van der Waals surface area (Å²) in [5.74, 6) is 0.835. The molecule has 0 radical (unpaired) electrons. The van der Waals surface area contributed by atoms with Gasteiger partial charge >= 0.3 is 0 Å². The van der Waals surface area contributed by atoms with Gasteiger partial charge < -0.3 is 5.32 Å². The largest absolute Gasteiger partial charge is 0.310 e. The second-order valence-corrected chi connectivity index (χ2v) is 4.55. The van der Waals surface area contributed by atoms with Crippen molar-refractivity contribution in [2.24, 2.45) is 0 Å². The number of thioether (sulfide) groups is 1. The van der Waals surface area contributed by atoms with E-state index in [1.54, 1.807) is 6.20 Å². The van der Waals surface area contributed by atoms with Crippen LogP contribution in [-0.4, -0.2) is 28.0 Å². The SMILES string of the molecule is CSC(C)CNCc1ccnc(C)n1. The van der Waals surface area contributed by atoms with Crippen molar-refractivity contribution in [1.29, 1.82) is 0 Å². The molecule has 1 aromatic rings. The van der Waals surface area contributed by atoms with Gasteiger partial charge in [0.15, 0.2) is 0 Å². The molecular formula is C10H17N3S. The Labute approximate surface area is 89.7 Å². The zero-order valence-electron chi connectivity index (χ0n) is 8.95. The van der Waals surface area contributed by atoms with Crippen molar-refractivity contribution in [3.63, 3.8) is 0 Å². The third-order valence-corrected chi connectivity index (χ3v) is 2.95. The molecule has 0 saturated heterocycles. The molecule has 0 fully saturated rings. The smallest absolute Gasteiger partial charge is 0.125 e. The Morgan fingerprint density at radius 2 is 2.36 bits per heavy atom. The van der Waals surface area contributed by atoms with Crippen LogP contribution in [0.15, 0.2) is 12.3 Å². The molecule has 0 bridgehead atoms. The molecule has 1 aromatic heterocycles. The summed E-state index contributed by atoms with van der Waals surface area (Å²) in [5, 5.41) is 4.02. The number of hydrogen-bond acceptors (Lipinski definition) is 4. The van der Waals surface area contributed by atoms with E-state index in [2.05, 4.69) is 28.5 Å². The van der Waals surface area contributed by atoms with Gasteiger partial charge in [-0.15, -0.1) is 0 Å². The summed E-state index contributed by atoms with van der Waals surface area (Å²) in [6.07, 6.45) is 3.93. The first-order valence-electron chi connectivity index (χ1n) is 4.74. The molecule has 0 aliphatic carbocycles. The van der Waals surface area contributed by atoms with E-state index in [0.29, 0.717) is 5.25 Å². The fourth-order valence-corrected chi connectivity index (χ4v) is 1.37. The van der Waals surface area contributed by atoms with E-state index >= 15 is 0 Å². The molecule has 0 spiro atoms. The van der Waals surface area contributed by atoms with Gasteiger partial charge in [-0.05, 0) is 19.2 Å². The highest BCUT2D eigenvalue weighted by atomic mass is 32.2. The van der Waals surface area contributed by atoms with Crippen molar-refractivity contribution in [1.82, 2.24) is 15.3 Å². The maximum Gasteiger partial charge on any atom is 0.125 e. The molecule has 78 valence electrons. The Balaban J connectivity index is 2.31.